The van der Waals surface area contributed by atoms with Crippen LogP contribution < -0.4 is 14.4 Å². The highest BCUT2D eigenvalue weighted by Gasteiger charge is 2.34. The highest BCUT2D eigenvalue weighted by molar-refractivity contribution is 8.27. The van der Waals surface area contributed by atoms with Crippen molar-refractivity contribution < 1.29 is 19.2 Å². The van der Waals surface area contributed by atoms with Gasteiger partial charge in [0.1, 0.15) is 0 Å². The van der Waals surface area contributed by atoms with Gasteiger partial charge in [-0.05, 0) is 30.3 Å². The number of carbonyl (C=O) groups excluding carboxylic acids is 1. The Balaban J connectivity index is 1.74. The molecule has 0 aromatic heterocycles. The lowest BCUT2D eigenvalue weighted by Crippen LogP contribution is -2.27. The Hall–Kier alpha value is -2.62. The van der Waals surface area contributed by atoms with Gasteiger partial charge in [0.25, 0.3) is 11.6 Å². The number of nitro groups is 1. The highest BCUT2D eigenvalue weighted by atomic mass is 35.5. The van der Waals surface area contributed by atoms with E-state index in [-0.39, 0.29) is 28.9 Å². The van der Waals surface area contributed by atoms with Gasteiger partial charge in [0.2, 0.25) is 6.79 Å². The SMILES string of the molecule is O=C1/C(=C/c2cc3c(cc2[N+](=O)[O-])OCO3)SC(=S)N1c1cccc(Cl)c1. The number of benzene rings is 2. The quantitative estimate of drug-likeness (QED) is 0.315. The molecule has 0 spiro atoms. The number of halogens is 1. The van der Waals surface area contributed by atoms with E-state index in [9.17, 15) is 14.9 Å². The Labute approximate surface area is 167 Å². The van der Waals surface area contributed by atoms with Crippen LogP contribution in [-0.4, -0.2) is 21.9 Å². The molecule has 1 amide bonds. The predicted octanol–water partition coefficient (Wildman–Crippen LogP) is 4.38. The number of thiocarbonyl (C=S) groups is 1. The molecule has 0 radical (unpaired) electrons. The second kappa shape index (κ2) is 6.84. The highest BCUT2D eigenvalue weighted by Crippen LogP contribution is 2.41. The van der Waals surface area contributed by atoms with Crippen molar-refractivity contribution in [3.8, 4) is 11.5 Å². The fraction of sp³-hybridized carbons (Fsp3) is 0.0588. The maximum Gasteiger partial charge on any atom is 0.280 e. The third-order valence-corrected chi connectivity index (χ3v) is 5.40. The minimum absolute atomic E-state index is 0.00712. The van der Waals surface area contributed by atoms with Gasteiger partial charge in [-0.2, -0.15) is 0 Å². The van der Waals surface area contributed by atoms with E-state index in [1.54, 1.807) is 24.3 Å². The molecular formula is C17H9ClN2O5S2. The summed E-state index contributed by atoms with van der Waals surface area (Å²) >= 11 is 12.4. The summed E-state index contributed by atoms with van der Waals surface area (Å²) in [5, 5.41) is 11.9. The zero-order valence-corrected chi connectivity index (χ0v) is 15.8. The van der Waals surface area contributed by atoms with Crippen molar-refractivity contribution >= 4 is 63.3 Å². The first kappa shape index (κ1) is 17.8. The summed E-state index contributed by atoms with van der Waals surface area (Å²) in [6, 6.07) is 9.50. The maximum absolute atomic E-state index is 12.8. The summed E-state index contributed by atoms with van der Waals surface area (Å²) in [7, 11) is 0. The van der Waals surface area contributed by atoms with Crippen LogP contribution in [0.15, 0.2) is 41.3 Å². The molecule has 10 heteroatoms. The van der Waals surface area contributed by atoms with E-state index in [1.807, 2.05) is 0 Å². The van der Waals surface area contributed by atoms with Gasteiger partial charge >= 0.3 is 0 Å². The summed E-state index contributed by atoms with van der Waals surface area (Å²) in [5.41, 5.74) is 0.580. The lowest BCUT2D eigenvalue weighted by molar-refractivity contribution is -0.385. The van der Waals surface area contributed by atoms with E-state index in [0.717, 1.165) is 11.8 Å². The van der Waals surface area contributed by atoms with Crippen molar-refractivity contribution in [2.45, 2.75) is 0 Å². The third-order valence-electron chi connectivity index (χ3n) is 3.87. The smallest absolute Gasteiger partial charge is 0.280 e. The van der Waals surface area contributed by atoms with E-state index >= 15 is 0 Å². The number of nitrogens with zero attached hydrogens (tertiary/aromatic N) is 2. The van der Waals surface area contributed by atoms with Crippen molar-refractivity contribution in [1.82, 2.24) is 0 Å². The molecule has 0 atom stereocenters. The number of anilines is 1. The number of nitro benzene ring substituents is 1. The Morgan fingerprint density at radius 2 is 2.00 bits per heavy atom. The lowest BCUT2D eigenvalue weighted by atomic mass is 10.1. The van der Waals surface area contributed by atoms with Gasteiger partial charge in [-0.1, -0.05) is 41.6 Å². The Morgan fingerprint density at radius 3 is 2.70 bits per heavy atom. The molecule has 0 unspecified atom stereocenters. The predicted molar refractivity (Wildman–Crippen MR) is 106 cm³/mol. The number of rotatable bonds is 3. The average Bonchev–Trinajstić information content (AvgIpc) is 3.18. The number of ether oxygens (including phenoxy) is 2. The Morgan fingerprint density at radius 1 is 1.26 bits per heavy atom. The summed E-state index contributed by atoms with van der Waals surface area (Å²) in [5.74, 6) is 0.307. The number of amides is 1. The summed E-state index contributed by atoms with van der Waals surface area (Å²) in [4.78, 5) is 25.3. The first-order valence-corrected chi connectivity index (χ1v) is 9.16. The van der Waals surface area contributed by atoms with Gasteiger partial charge in [-0.3, -0.25) is 19.8 Å². The monoisotopic (exact) mass is 420 g/mol. The topological polar surface area (TPSA) is 81.9 Å². The first-order valence-electron chi connectivity index (χ1n) is 7.55. The number of hydrogen-bond acceptors (Lipinski definition) is 7. The number of hydrogen-bond donors (Lipinski definition) is 0. The maximum atomic E-state index is 12.8. The number of fused-ring (bicyclic) bond motifs is 1. The standard InChI is InChI=1S/C17H9ClN2O5S2/c18-10-2-1-3-11(6-10)19-16(21)15(27-17(19)26)5-9-4-13-14(25-8-24-13)7-12(9)20(22)23/h1-7H,8H2/b15-5-. The van der Waals surface area contributed by atoms with Gasteiger partial charge < -0.3 is 9.47 Å². The second-order valence-electron chi connectivity index (χ2n) is 5.52. The van der Waals surface area contributed by atoms with Crippen molar-refractivity contribution in [3.05, 3.63) is 62.0 Å². The summed E-state index contributed by atoms with van der Waals surface area (Å²) < 4.78 is 10.8. The largest absolute Gasteiger partial charge is 0.454 e. The molecule has 0 bridgehead atoms. The molecule has 1 fully saturated rings. The third kappa shape index (κ3) is 3.25. The number of carbonyl (C=O) groups is 1. The van der Waals surface area contributed by atoms with E-state index in [1.165, 1.54) is 23.1 Å². The normalized spacial score (nSPS) is 17.1. The zero-order chi connectivity index (χ0) is 19.1. The molecule has 0 aliphatic carbocycles. The van der Waals surface area contributed by atoms with Crippen LogP contribution in [0, 0.1) is 10.1 Å². The summed E-state index contributed by atoms with van der Waals surface area (Å²) in [6.45, 7) is -0.00712. The molecule has 1 saturated heterocycles. The molecule has 4 rings (SSSR count). The minimum atomic E-state index is -0.536. The van der Waals surface area contributed by atoms with Crippen LogP contribution in [0.1, 0.15) is 5.56 Å². The van der Waals surface area contributed by atoms with Crippen LogP contribution in [0.3, 0.4) is 0 Å². The van der Waals surface area contributed by atoms with Crippen LogP contribution >= 0.6 is 35.6 Å². The molecule has 27 heavy (non-hydrogen) atoms. The Bertz CT molecular complexity index is 1040. The van der Waals surface area contributed by atoms with Gasteiger partial charge in [0.05, 0.1) is 27.1 Å². The first-order chi connectivity index (χ1) is 12.9. The van der Waals surface area contributed by atoms with Crippen molar-refractivity contribution in [1.29, 1.82) is 0 Å². The van der Waals surface area contributed by atoms with Gasteiger partial charge in [0, 0.05) is 5.02 Å². The summed E-state index contributed by atoms with van der Waals surface area (Å²) in [6.07, 6.45) is 1.43. The molecular weight excluding hydrogens is 412 g/mol. The molecule has 2 aromatic carbocycles. The van der Waals surface area contributed by atoms with Crippen LogP contribution in [0.25, 0.3) is 6.08 Å². The van der Waals surface area contributed by atoms with Gasteiger partial charge in [-0.25, -0.2) is 0 Å². The number of thioether (sulfide) groups is 1. The fourth-order valence-electron chi connectivity index (χ4n) is 2.67. The van der Waals surface area contributed by atoms with Crippen molar-refractivity contribution in [2.24, 2.45) is 0 Å². The van der Waals surface area contributed by atoms with Crippen molar-refractivity contribution in [3.63, 3.8) is 0 Å². The van der Waals surface area contributed by atoms with E-state index < -0.39 is 4.92 Å². The molecule has 0 saturated carbocycles. The van der Waals surface area contributed by atoms with E-state index in [4.69, 9.17) is 33.3 Å². The lowest BCUT2D eigenvalue weighted by Gasteiger charge is -2.14. The van der Waals surface area contributed by atoms with Crippen LogP contribution in [-0.2, 0) is 4.79 Å². The molecule has 7 nitrogen and oxygen atoms in total. The van der Waals surface area contributed by atoms with E-state index in [0.29, 0.717) is 26.5 Å². The molecule has 0 N–H and O–H groups in total. The average molecular weight is 421 g/mol. The second-order valence-corrected chi connectivity index (χ2v) is 7.63. The minimum Gasteiger partial charge on any atom is -0.454 e. The molecule has 2 aliphatic rings. The fourth-order valence-corrected chi connectivity index (χ4v) is 4.14. The van der Waals surface area contributed by atoms with E-state index in [2.05, 4.69) is 0 Å². The molecule has 2 aromatic rings. The molecule has 136 valence electrons. The van der Waals surface area contributed by atoms with Crippen LogP contribution in [0.5, 0.6) is 11.5 Å². The van der Waals surface area contributed by atoms with Gasteiger partial charge in [-0.15, -0.1) is 0 Å². The van der Waals surface area contributed by atoms with Crippen LogP contribution in [0.2, 0.25) is 5.02 Å². The van der Waals surface area contributed by atoms with Crippen molar-refractivity contribution in [2.75, 3.05) is 11.7 Å². The zero-order valence-electron chi connectivity index (χ0n) is 13.4. The molecule has 2 aliphatic heterocycles. The Kier molecular flexibility index (Phi) is 4.50. The molecule has 2 heterocycles. The van der Waals surface area contributed by atoms with Crippen LogP contribution in [0.4, 0.5) is 11.4 Å². The van der Waals surface area contributed by atoms with Gasteiger partial charge in [0.15, 0.2) is 15.8 Å².